The number of nitrogens with one attached hydrogen (secondary N) is 1. The minimum absolute atomic E-state index is 0.0524. The highest BCUT2D eigenvalue weighted by atomic mass is 32.2. The molecule has 4 rings (SSSR count). The zero-order valence-corrected chi connectivity index (χ0v) is 18.3. The number of nitrogen functional groups attached to an aromatic ring is 1. The van der Waals surface area contributed by atoms with E-state index in [0.29, 0.717) is 0 Å². The summed E-state index contributed by atoms with van der Waals surface area (Å²) in [5.74, 6) is -1.56. The van der Waals surface area contributed by atoms with Crippen molar-refractivity contribution in [2.24, 2.45) is 0 Å². The van der Waals surface area contributed by atoms with Gasteiger partial charge in [0.15, 0.2) is 11.6 Å². The number of rotatable bonds is 4. The standard InChI is InChI=1S/C20H20N2O8S2/c21-18-15(32(28,29)30)9-14(22-10-4-2-1-3-5-10)16-17(18)20(24)13-8-11(31(25,26)27)6-7-12(13)19(16)23/h6-10,22H,1-5,21H2,(H,25,26,27)(H,28,29,30). The molecule has 0 amide bonds. The number of hydrogen-bond acceptors (Lipinski definition) is 8. The Morgan fingerprint density at radius 1 is 0.844 bits per heavy atom. The van der Waals surface area contributed by atoms with Crippen LogP contribution in [0.3, 0.4) is 0 Å². The number of carbonyl (C=O) groups excluding carboxylic acids is 2. The SMILES string of the molecule is Nc1c(S(=O)(=O)O)cc(NC2CCCCC2)c2c1C(=O)c1cc(S(=O)(=O)O)ccc1C2=O. The molecule has 2 aliphatic carbocycles. The maximum absolute atomic E-state index is 13.3. The lowest BCUT2D eigenvalue weighted by atomic mass is 9.82. The van der Waals surface area contributed by atoms with E-state index in [9.17, 15) is 35.5 Å². The smallest absolute Gasteiger partial charge is 0.296 e. The van der Waals surface area contributed by atoms with E-state index in [0.717, 1.165) is 56.4 Å². The first-order valence-corrected chi connectivity index (χ1v) is 12.7. The Hall–Kier alpha value is -2.80. The topological polar surface area (TPSA) is 181 Å². The summed E-state index contributed by atoms with van der Waals surface area (Å²) in [4.78, 5) is 25.2. The summed E-state index contributed by atoms with van der Waals surface area (Å²) in [7, 11) is -9.51. The van der Waals surface area contributed by atoms with Crippen molar-refractivity contribution in [2.75, 3.05) is 11.1 Å². The van der Waals surface area contributed by atoms with Gasteiger partial charge >= 0.3 is 0 Å². The van der Waals surface area contributed by atoms with Gasteiger partial charge in [0.25, 0.3) is 20.2 Å². The zero-order valence-electron chi connectivity index (χ0n) is 16.7. The van der Waals surface area contributed by atoms with Crippen molar-refractivity contribution in [3.63, 3.8) is 0 Å². The zero-order chi connectivity index (χ0) is 23.4. The van der Waals surface area contributed by atoms with Gasteiger partial charge in [0.2, 0.25) is 0 Å². The van der Waals surface area contributed by atoms with E-state index in [-0.39, 0.29) is 28.4 Å². The largest absolute Gasteiger partial charge is 0.397 e. The van der Waals surface area contributed by atoms with Gasteiger partial charge in [-0.05, 0) is 37.1 Å². The molecule has 2 aromatic carbocycles. The second kappa shape index (κ2) is 7.66. The monoisotopic (exact) mass is 480 g/mol. The van der Waals surface area contributed by atoms with E-state index in [1.54, 1.807) is 0 Å². The van der Waals surface area contributed by atoms with Crippen LogP contribution in [0.5, 0.6) is 0 Å². The molecule has 32 heavy (non-hydrogen) atoms. The Morgan fingerprint density at radius 2 is 1.47 bits per heavy atom. The Kier molecular flexibility index (Phi) is 5.36. The molecule has 10 nitrogen and oxygen atoms in total. The Balaban J connectivity index is 1.97. The van der Waals surface area contributed by atoms with Crippen molar-refractivity contribution in [2.45, 2.75) is 47.9 Å². The molecule has 1 fully saturated rings. The molecule has 0 saturated heterocycles. The summed E-state index contributed by atoms with van der Waals surface area (Å²) < 4.78 is 65.8. The van der Waals surface area contributed by atoms with Crippen LogP contribution in [0.4, 0.5) is 11.4 Å². The van der Waals surface area contributed by atoms with Crippen LogP contribution >= 0.6 is 0 Å². The highest BCUT2D eigenvalue weighted by Gasteiger charge is 2.37. The summed E-state index contributed by atoms with van der Waals surface area (Å²) in [5.41, 5.74) is 4.32. The van der Waals surface area contributed by atoms with E-state index in [4.69, 9.17) is 5.73 Å². The quantitative estimate of drug-likeness (QED) is 0.319. The third-order valence-corrected chi connectivity index (χ3v) is 7.55. The molecule has 2 aliphatic rings. The van der Waals surface area contributed by atoms with E-state index in [2.05, 4.69) is 5.32 Å². The molecule has 5 N–H and O–H groups in total. The maximum Gasteiger partial charge on any atom is 0.296 e. The average Bonchev–Trinajstić information content (AvgIpc) is 2.71. The molecule has 0 aromatic heterocycles. The van der Waals surface area contributed by atoms with Gasteiger partial charge in [0.1, 0.15) is 4.90 Å². The fourth-order valence-corrected chi connectivity index (χ4v) is 5.43. The van der Waals surface area contributed by atoms with Crippen molar-refractivity contribution in [3.05, 3.63) is 46.5 Å². The number of anilines is 2. The Morgan fingerprint density at radius 3 is 2.06 bits per heavy atom. The second-order valence-electron chi connectivity index (χ2n) is 7.88. The molecular weight excluding hydrogens is 460 g/mol. The van der Waals surface area contributed by atoms with Crippen molar-refractivity contribution < 1.29 is 35.5 Å². The molecule has 0 heterocycles. The second-order valence-corrected chi connectivity index (χ2v) is 10.7. The molecule has 0 bridgehead atoms. The van der Waals surface area contributed by atoms with E-state index in [1.807, 2.05) is 0 Å². The van der Waals surface area contributed by atoms with Crippen LogP contribution < -0.4 is 11.1 Å². The van der Waals surface area contributed by atoms with Crippen LogP contribution in [0.15, 0.2) is 34.1 Å². The van der Waals surface area contributed by atoms with Crippen molar-refractivity contribution >= 4 is 43.2 Å². The van der Waals surface area contributed by atoms with Gasteiger partial charge in [0.05, 0.1) is 21.7 Å². The summed E-state index contributed by atoms with van der Waals surface area (Å²) in [6.07, 6.45) is 4.48. The van der Waals surface area contributed by atoms with Crippen LogP contribution in [0.1, 0.15) is 63.9 Å². The number of hydrogen-bond donors (Lipinski definition) is 4. The molecule has 1 saturated carbocycles. The van der Waals surface area contributed by atoms with E-state index in [1.165, 1.54) is 0 Å². The normalized spacial score (nSPS) is 17.1. The van der Waals surface area contributed by atoms with Gasteiger partial charge in [0, 0.05) is 22.9 Å². The number of benzene rings is 2. The predicted molar refractivity (Wildman–Crippen MR) is 114 cm³/mol. The molecule has 0 spiro atoms. The van der Waals surface area contributed by atoms with E-state index < -0.39 is 52.8 Å². The lowest BCUT2D eigenvalue weighted by Gasteiger charge is -2.28. The lowest BCUT2D eigenvalue weighted by Crippen LogP contribution is -2.29. The lowest BCUT2D eigenvalue weighted by molar-refractivity contribution is 0.0979. The highest BCUT2D eigenvalue weighted by Crippen LogP contribution is 2.40. The molecular formula is C20H20N2O8S2. The van der Waals surface area contributed by atoms with Crippen LogP contribution in [-0.2, 0) is 20.2 Å². The fraction of sp³-hybridized carbons (Fsp3) is 0.300. The van der Waals surface area contributed by atoms with Gasteiger partial charge in [-0.1, -0.05) is 19.3 Å². The average molecular weight is 481 g/mol. The summed E-state index contributed by atoms with van der Waals surface area (Å²) in [6, 6.07) is 3.91. The minimum Gasteiger partial charge on any atom is -0.397 e. The molecule has 0 unspecified atom stereocenters. The van der Waals surface area contributed by atoms with E-state index >= 15 is 0 Å². The first-order valence-electron chi connectivity index (χ1n) is 9.81. The van der Waals surface area contributed by atoms with Crippen LogP contribution in [0.2, 0.25) is 0 Å². The fourth-order valence-electron chi connectivity index (χ4n) is 4.28. The first-order chi connectivity index (χ1) is 14.9. The number of ketones is 2. The van der Waals surface area contributed by atoms with Gasteiger partial charge in [-0.25, -0.2) is 0 Å². The van der Waals surface area contributed by atoms with Gasteiger partial charge in [-0.15, -0.1) is 0 Å². The Labute approximate surface area is 184 Å². The first kappa shape index (κ1) is 22.4. The summed E-state index contributed by atoms with van der Waals surface area (Å²) >= 11 is 0. The van der Waals surface area contributed by atoms with Gasteiger partial charge < -0.3 is 11.1 Å². The van der Waals surface area contributed by atoms with Gasteiger partial charge in [-0.3, -0.25) is 18.7 Å². The number of nitrogens with two attached hydrogens (primary N) is 1. The van der Waals surface area contributed by atoms with Crippen molar-refractivity contribution in [1.82, 2.24) is 0 Å². The number of fused-ring (bicyclic) bond motifs is 2. The highest BCUT2D eigenvalue weighted by molar-refractivity contribution is 7.86. The minimum atomic E-state index is -4.84. The third-order valence-electron chi connectivity index (χ3n) is 5.80. The molecule has 2 aromatic rings. The van der Waals surface area contributed by atoms with Gasteiger partial charge in [-0.2, -0.15) is 16.8 Å². The van der Waals surface area contributed by atoms with Crippen molar-refractivity contribution in [3.8, 4) is 0 Å². The Bertz CT molecular complexity index is 1370. The summed E-state index contributed by atoms with van der Waals surface area (Å²) in [6.45, 7) is 0. The molecule has 12 heteroatoms. The third kappa shape index (κ3) is 3.79. The number of carbonyl (C=O) groups is 2. The van der Waals surface area contributed by atoms with Crippen LogP contribution in [-0.4, -0.2) is 43.5 Å². The molecule has 0 atom stereocenters. The van der Waals surface area contributed by atoms with Crippen LogP contribution in [0.25, 0.3) is 0 Å². The molecule has 0 aliphatic heterocycles. The summed E-state index contributed by atoms with van der Waals surface area (Å²) in [5, 5.41) is 3.13. The van der Waals surface area contributed by atoms with Crippen molar-refractivity contribution in [1.29, 1.82) is 0 Å². The molecule has 170 valence electrons. The maximum atomic E-state index is 13.3. The predicted octanol–water partition coefficient (Wildman–Crippen LogP) is 2.28. The van der Waals surface area contributed by atoms with Crippen LogP contribution in [0, 0.1) is 0 Å². The molecule has 0 radical (unpaired) electrons.